The van der Waals surface area contributed by atoms with E-state index in [1.807, 2.05) is 6.07 Å². The first-order valence-corrected chi connectivity index (χ1v) is 8.70. The van der Waals surface area contributed by atoms with Crippen LogP contribution >= 0.6 is 0 Å². The Kier molecular flexibility index (Phi) is 9.36. The summed E-state index contributed by atoms with van der Waals surface area (Å²) in [6.45, 7) is 4.40. The highest BCUT2D eigenvalue weighted by Crippen LogP contribution is 2.26. The van der Waals surface area contributed by atoms with Crippen molar-refractivity contribution >= 4 is 6.16 Å². The number of benzene rings is 1. The van der Waals surface area contributed by atoms with Crippen LogP contribution in [-0.4, -0.2) is 11.3 Å². The molecule has 1 rings (SSSR count). The summed E-state index contributed by atoms with van der Waals surface area (Å²) >= 11 is 0. The van der Waals surface area contributed by atoms with E-state index in [-0.39, 0.29) is 0 Å². The second kappa shape index (κ2) is 11.1. The molecule has 0 unspecified atom stereocenters. The second-order valence-electron chi connectivity index (χ2n) is 5.88. The smallest absolute Gasteiger partial charge is 0.449 e. The van der Waals surface area contributed by atoms with Gasteiger partial charge in [0, 0.05) is 0 Å². The van der Waals surface area contributed by atoms with Crippen LogP contribution in [0.2, 0.25) is 0 Å². The predicted molar refractivity (Wildman–Crippen MR) is 90.8 cm³/mol. The molecular weight excluding hydrogens is 276 g/mol. The Morgan fingerprint density at radius 2 is 1.59 bits per heavy atom. The maximum atomic E-state index is 10.9. The Bertz CT molecular complexity index is 440. The molecule has 1 N–H and O–H groups in total. The van der Waals surface area contributed by atoms with Gasteiger partial charge in [0.1, 0.15) is 5.75 Å². The quantitative estimate of drug-likeness (QED) is 0.310. The third-order valence-corrected chi connectivity index (χ3v) is 4.01. The molecule has 3 heteroatoms. The summed E-state index contributed by atoms with van der Waals surface area (Å²) in [5, 5.41) is 8.90. The number of unbranched alkanes of at least 4 members (excludes halogenated alkanes) is 6. The van der Waals surface area contributed by atoms with Crippen LogP contribution in [0.4, 0.5) is 4.79 Å². The van der Waals surface area contributed by atoms with Crippen molar-refractivity contribution in [1.82, 2.24) is 0 Å². The molecule has 0 heterocycles. The summed E-state index contributed by atoms with van der Waals surface area (Å²) in [5.74, 6) is 0.523. The molecule has 3 nitrogen and oxygen atoms in total. The molecule has 0 bridgehead atoms. The molecule has 0 atom stereocenters. The van der Waals surface area contributed by atoms with Crippen molar-refractivity contribution in [1.29, 1.82) is 0 Å². The minimum absolute atomic E-state index is 0.523. The van der Waals surface area contributed by atoms with Crippen LogP contribution in [0.15, 0.2) is 18.2 Å². The third kappa shape index (κ3) is 6.97. The number of carbonyl (C=O) groups is 1. The summed E-state index contributed by atoms with van der Waals surface area (Å²) in [6.07, 6.45) is 10.3. The molecule has 0 aromatic heterocycles. The molecule has 0 saturated carbocycles. The maximum Gasteiger partial charge on any atom is 0.511 e. The highest BCUT2D eigenvalue weighted by molar-refractivity contribution is 5.62. The Labute approximate surface area is 134 Å². The van der Waals surface area contributed by atoms with Crippen molar-refractivity contribution in [3.63, 3.8) is 0 Å². The Morgan fingerprint density at radius 1 is 0.955 bits per heavy atom. The van der Waals surface area contributed by atoms with Gasteiger partial charge in [0.2, 0.25) is 0 Å². The fourth-order valence-electron chi connectivity index (χ4n) is 2.79. The maximum absolute atomic E-state index is 10.9. The van der Waals surface area contributed by atoms with E-state index in [1.54, 1.807) is 6.07 Å². The Balaban J connectivity index is 2.72. The fraction of sp³-hybridized carbons (Fsp3) is 0.632. The summed E-state index contributed by atoms with van der Waals surface area (Å²) in [5.41, 5.74) is 2.35. The zero-order chi connectivity index (χ0) is 16.2. The lowest BCUT2D eigenvalue weighted by Crippen LogP contribution is -2.07. The van der Waals surface area contributed by atoms with E-state index >= 15 is 0 Å². The molecule has 0 fully saturated rings. The SMILES string of the molecule is CCCCCCCc1cccc(OC(=O)O)c1CCCCC. The largest absolute Gasteiger partial charge is 0.511 e. The van der Waals surface area contributed by atoms with Crippen molar-refractivity contribution in [2.45, 2.75) is 78.1 Å². The lowest BCUT2D eigenvalue weighted by molar-refractivity contribution is 0.144. The number of rotatable bonds is 11. The highest BCUT2D eigenvalue weighted by Gasteiger charge is 2.12. The third-order valence-electron chi connectivity index (χ3n) is 4.01. The van der Waals surface area contributed by atoms with Crippen LogP contribution in [0, 0.1) is 0 Å². The van der Waals surface area contributed by atoms with Gasteiger partial charge in [-0.15, -0.1) is 0 Å². The molecule has 0 saturated heterocycles. The molecule has 0 aliphatic carbocycles. The topological polar surface area (TPSA) is 46.5 Å². The second-order valence-corrected chi connectivity index (χ2v) is 5.88. The van der Waals surface area contributed by atoms with Gasteiger partial charge in [-0.2, -0.15) is 0 Å². The average Bonchev–Trinajstić information content (AvgIpc) is 2.49. The van der Waals surface area contributed by atoms with Crippen LogP contribution < -0.4 is 4.74 Å². The predicted octanol–water partition coefficient (Wildman–Crippen LogP) is 5.99. The van der Waals surface area contributed by atoms with Gasteiger partial charge >= 0.3 is 6.16 Å². The van der Waals surface area contributed by atoms with Crippen LogP contribution in [-0.2, 0) is 12.8 Å². The lowest BCUT2D eigenvalue weighted by Gasteiger charge is -2.14. The number of aryl methyl sites for hydroxylation is 1. The van der Waals surface area contributed by atoms with Crippen LogP contribution in [0.25, 0.3) is 0 Å². The zero-order valence-electron chi connectivity index (χ0n) is 14.1. The van der Waals surface area contributed by atoms with Gasteiger partial charge in [0.05, 0.1) is 0 Å². The molecule has 1 aromatic rings. The van der Waals surface area contributed by atoms with Gasteiger partial charge < -0.3 is 9.84 Å². The van der Waals surface area contributed by atoms with E-state index in [1.165, 1.54) is 31.2 Å². The van der Waals surface area contributed by atoms with Crippen LogP contribution in [0.3, 0.4) is 0 Å². The van der Waals surface area contributed by atoms with E-state index in [0.717, 1.165) is 44.1 Å². The molecule has 1 aromatic carbocycles. The zero-order valence-corrected chi connectivity index (χ0v) is 14.1. The first-order chi connectivity index (χ1) is 10.7. The van der Waals surface area contributed by atoms with Gasteiger partial charge in [-0.05, 0) is 42.9 Å². The number of hydrogen-bond donors (Lipinski definition) is 1. The first-order valence-electron chi connectivity index (χ1n) is 8.70. The van der Waals surface area contributed by atoms with Crippen LogP contribution in [0.5, 0.6) is 5.75 Å². The monoisotopic (exact) mass is 306 g/mol. The first kappa shape index (κ1) is 18.5. The molecule has 0 amide bonds. The molecule has 0 aliphatic rings. The molecular formula is C19H30O3. The Morgan fingerprint density at radius 3 is 2.27 bits per heavy atom. The summed E-state index contributed by atoms with van der Waals surface area (Å²) in [6, 6.07) is 5.80. The van der Waals surface area contributed by atoms with Gasteiger partial charge in [-0.25, -0.2) is 4.79 Å². The van der Waals surface area contributed by atoms with Crippen molar-refractivity contribution in [2.75, 3.05) is 0 Å². The van der Waals surface area contributed by atoms with Gasteiger partial charge in [0.15, 0.2) is 0 Å². The standard InChI is InChI=1S/C19H30O3/c1-3-5-7-8-10-12-16-13-11-15-18(22-19(20)21)17(16)14-9-6-4-2/h11,13,15H,3-10,12,14H2,1-2H3,(H,20,21). The lowest BCUT2D eigenvalue weighted by atomic mass is 9.96. The fourth-order valence-corrected chi connectivity index (χ4v) is 2.79. The number of ether oxygens (including phenoxy) is 1. The Hall–Kier alpha value is -1.51. The number of carboxylic acid groups (broad SMARTS) is 1. The van der Waals surface area contributed by atoms with Crippen molar-refractivity contribution in [2.24, 2.45) is 0 Å². The highest BCUT2D eigenvalue weighted by atomic mass is 16.7. The summed E-state index contributed by atoms with van der Waals surface area (Å²) in [4.78, 5) is 10.9. The normalized spacial score (nSPS) is 10.6. The summed E-state index contributed by atoms with van der Waals surface area (Å²) < 4.78 is 4.98. The minimum Gasteiger partial charge on any atom is -0.449 e. The van der Waals surface area contributed by atoms with Gasteiger partial charge in [-0.3, -0.25) is 0 Å². The van der Waals surface area contributed by atoms with Crippen LogP contribution in [0.1, 0.15) is 76.3 Å². The van der Waals surface area contributed by atoms with Gasteiger partial charge in [0.25, 0.3) is 0 Å². The average molecular weight is 306 g/mol. The molecule has 124 valence electrons. The van der Waals surface area contributed by atoms with Crippen molar-refractivity contribution in [3.8, 4) is 5.75 Å². The molecule has 0 aliphatic heterocycles. The van der Waals surface area contributed by atoms with E-state index in [9.17, 15) is 4.79 Å². The van der Waals surface area contributed by atoms with E-state index in [0.29, 0.717) is 5.75 Å². The molecule has 0 radical (unpaired) electrons. The number of hydrogen-bond acceptors (Lipinski definition) is 2. The van der Waals surface area contributed by atoms with E-state index in [4.69, 9.17) is 9.84 Å². The van der Waals surface area contributed by atoms with E-state index < -0.39 is 6.16 Å². The van der Waals surface area contributed by atoms with Crippen molar-refractivity contribution in [3.05, 3.63) is 29.3 Å². The summed E-state index contributed by atoms with van der Waals surface area (Å²) in [7, 11) is 0. The minimum atomic E-state index is -1.23. The molecule has 0 spiro atoms. The van der Waals surface area contributed by atoms with E-state index in [2.05, 4.69) is 19.9 Å². The van der Waals surface area contributed by atoms with Crippen molar-refractivity contribution < 1.29 is 14.6 Å². The molecule has 22 heavy (non-hydrogen) atoms. The van der Waals surface area contributed by atoms with Gasteiger partial charge in [-0.1, -0.05) is 64.5 Å².